The Morgan fingerprint density at radius 1 is 1.77 bits per heavy atom. The summed E-state index contributed by atoms with van der Waals surface area (Å²) in [6.45, 7) is 1.34. The summed E-state index contributed by atoms with van der Waals surface area (Å²) in [6, 6.07) is 0. The van der Waals surface area contributed by atoms with Crippen LogP contribution in [0.3, 0.4) is 0 Å². The standard InChI is InChI=1S/C9H14N2O2/c1-2-3-5-11-8(12)9(10)4-6-13-7-9/h1H,3-7,10H2,(H,11,12). The molecule has 1 aliphatic rings. The summed E-state index contributed by atoms with van der Waals surface area (Å²) in [6.07, 6.45) is 6.15. The molecular formula is C9H14N2O2. The summed E-state index contributed by atoms with van der Waals surface area (Å²) in [5.74, 6) is 2.27. The molecule has 4 nitrogen and oxygen atoms in total. The molecule has 0 spiro atoms. The average molecular weight is 182 g/mol. The van der Waals surface area contributed by atoms with E-state index in [0.29, 0.717) is 32.6 Å². The van der Waals surface area contributed by atoms with E-state index in [1.807, 2.05) is 0 Å². The zero-order chi connectivity index (χ0) is 9.73. The number of carbonyl (C=O) groups is 1. The number of amides is 1. The number of nitrogens with one attached hydrogen (secondary N) is 1. The Kier molecular flexibility index (Phi) is 3.29. The van der Waals surface area contributed by atoms with E-state index in [4.69, 9.17) is 16.9 Å². The number of hydrogen-bond donors (Lipinski definition) is 2. The third-order valence-electron chi connectivity index (χ3n) is 2.06. The van der Waals surface area contributed by atoms with Gasteiger partial charge in [0.05, 0.1) is 6.61 Å². The van der Waals surface area contributed by atoms with Crippen LogP contribution in [-0.2, 0) is 9.53 Å². The molecule has 0 aromatic heterocycles. The molecule has 1 heterocycles. The Labute approximate surface area is 77.8 Å². The minimum atomic E-state index is -0.839. The third kappa shape index (κ3) is 2.44. The fourth-order valence-electron chi connectivity index (χ4n) is 1.18. The molecule has 1 saturated heterocycles. The maximum absolute atomic E-state index is 11.5. The number of carbonyl (C=O) groups excluding carboxylic acids is 1. The average Bonchev–Trinajstić information content (AvgIpc) is 2.54. The van der Waals surface area contributed by atoms with Crippen LogP contribution in [0.5, 0.6) is 0 Å². The van der Waals surface area contributed by atoms with Gasteiger partial charge >= 0.3 is 0 Å². The predicted molar refractivity (Wildman–Crippen MR) is 48.8 cm³/mol. The molecule has 1 rings (SSSR count). The third-order valence-corrected chi connectivity index (χ3v) is 2.06. The van der Waals surface area contributed by atoms with Crippen LogP contribution in [0.1, 0.15) is 12.8 Å². The van der Waals surface area contributed by atoms with Gasteiger partial charge in [-0.2, -0.15) is 0 Å². The summed E-state index contributed by atoms with van der Waals surface area (Å²) in [4.78, 5) is 11.5. The second kappa shape index (κ2) is 4.26. The molecule has 1 fully saturated rings. The Morgan fingerprint density at radius 3 is 3.08 bits per heavy atom. The van der Waals surface area contributed by atoms with Crippen LogP contribution in [0, 0.1) is 12.3 Å². The van der Waals surface area contributed by atoms with Crippen molar-refractivity contribution in [1.82, 2.24) is 5.32 Å². The number of ether oxygens (including phenoxy) is 1. The smallest absolute Gasteiger partial charge is 0.242 e. The van der Waals surface area contributed by atoms with Crippen molar-refractivity contribution in [3.63, 3.8) is 0 Å². The summed E-state index contributed by atoms with van der Waals surface area (Å²) in [7, 11) is 0. The van der Waals surface area contributed by atoms with E-state index in [2.05, 4.69) is 11.2 Å². The monoisotopic (exact) mass is 182 g/mol. The van der Waals surface area contributed by atoms with Crippen LogP contribution in [0.4, 0.5) is 0 Å². The van der Waals surface area contributed by atoms with E-state index in [9.17, 15) is 4.79 Å². The predicted octanol–water partition coefficient (Wildman–Crippen LogP) is -0.756. The van der Waals surface area contributed by atoms with Gasteiger partial charge in [0.1, 0.15) is 5.54 Å². The SMILES string of the molecule is C#CCCNC(=O)C1(N)CCOC1. The number of terminal acetylenes is 1. The Morgan fingerprint density at radius 2 is 2.54 bits per heavy atom. The van der Waals surface area contributed by atoms with Gasteiger partial charge < -0.3 is 15.8 Å². The van der Waals surface area contributed by atoms with Crippen molar-refractivity contribution < 1.29 is 9.53 Å². The quantitative estimate of drug-likeness (QED) is 0.445. The second-order valence-electron chi connectivity index (χ2n) is 3.17. The first-order valence-electron chi connectivity index (χ1n) is 4.27. The van der Waals surface area contributed by atoms with Crippen LogP contribution in [0.25, 0.3) is 0 Å². The molecule has 0 aliphatic carbocycles. The molecule has 1 atom stereocenters. The lowest BCUT2D eigenvalue weighted by molar-refractivity contribution is -0.126. The van der Waals surface area contributed by atoms with Crippen molar-refractivity contribution in [3.8, 4) is 12.3 Å². The van der Waals surface area contributed by atoms with Crippen molar-refractivity contribution in [2.45, 2.75) is 18.4 Å². The molecule has 4 heteroatoms. The largest absolute Gasteiger partial charge is 0.379 e. The Bertz CT molecular complexity index is 226. The highest BCUT2D eigenvalue weighted by Gasteiger charge is 2.37. The fraction of sp³-hybridized carbons (Fsp3) is 0.667. The van der Waals surface area contributed by atoms with Crippen LogP contribution in [-0.4, -0.2) is 31.2 Å². The fourth-order valence-corrected chi connectivity index (χ4v) is 1.18. The van der Waals surface area contributed by atoms with Crippen LogP contribution in [0.2, 0.25) is 0 Å². The van der Waals surface area contributed by atoms with Crippen molar-refractivity contribution in [1.29, 1.82) is 0 Å². The molecule has 3 N–H and O–H groups in total. The minimum absolute atomic E-state index is 0.166. The molecule has 0 bridgehead atoms. The van der Waals surface area contributed by atoms with Gasteiger partial charge in [0, 0.05) is 19.6 Å². The number of rotatable bonds is 3. The van der Waals surface area contributed by atoms with Gasteiger partial charge in [-0.3, -0.25) is 4.79 Å². The molecule has 13 heavy (non-hydrogen) atoms. The summed E-state index contributed by atoms with van der Waals surface area (Å²) in [5, 5.41) is 2.68. The first kappa shape index (κ1) is 10.0. The highest BCUT2D eigenvalue weighted by Crippen LogP contribution is 2.14. The second-order valence-corrected chi connectivity index (χ2v) is 3.17. The topological polar surface area (TPSA) is 64.4 Å². The van der Waals surface area contributed by atoms with Crippen molar-refractivity contribution >= 4 is 5.91 Å². The zero-order valence-electron chi connectivity index (χ0n) is 7.51. The van der Waals surface area contributed by atoms with Gasteiger partial charge in [0.15, 0.2) is 0 Å². The maximum atomic E-state index is 11.5. The van der Waals surface area contributed by atoms with E-state index >= 15 is 0 Å². The van der Waals surface area contributed by atoms with E-state index < -0.39 is 5.54 Å². The van der Waals surface area contributed by atoms with Crippen molar-refractivity contribution in [2.75, 3.05) is 19.8 Å². The highest BCUT2D eigenvalue weighted by atomic mass is 16.5. The zero-order valence-corrected chi connectivity index (χ0v) is 7.51. The first-order valence-corrected chi connectivity index (χ1v) is 4.27. The van der Waals surface area contributed by atoms with E-state index in [0.717, 1.165) is 0 Å². The molecule has 72 valence electrons. The molecular weight excluding hydrogens is 168 g/mol. The highest BCUT2D eigenvalue weighted by molar-refractivity contribution is 5.86. The molecule has 0 aromatic carbocycles. The summed E-state index contributed by atoms with van der Waals surface area (Å²) >= 11 is 0. The molecule has 0 radical (unpaired) electrons. The first-order chi connectivity index (χ1) is 6.19. The van der Waals surface area contributed by atoms with Crippen LogP contribution < -0.4 is 11.1 Å². The van der Waals surface area contributed by atoms with E-state index in [1.165, 1.54) is 0 Å². The Balaban J connectivity index is 2.34. The Hall–Kier alpha value is -1.05. The van der Waals surface area contributed by atoms with Crippen molar-refractivity contribution in [2.24, 2.45) is 5.73 Å². The molecule has 1 unspecified atom stereocenters. The van der Waals surface area contributed by atoms with Gasteiger partial charge in [-0.15, -0.1) is 12.3 Å². The lowest BCUT2D eigenvalue weighted by Crippen LogP contribution is -2.54. The van der Waals surface area contributed by atoms with Gasteiger partial charge in [-0.25, -0.2) is 0 Å². The lowest BCUT2D eigenvalue weighted by Gasteiger charge is -2.19. The van der Waals surface area contributed by atoms with Crippen LogP contribution >= 0.6 is 0 Å². The minimum Gasteiger partial charge on any atom is -0.379 e. The summed E-state index contributed by atoms with van der Waals surface area (Å²) in [5.41, 5.74) is 4.96. The molecule has 1 amide bonds. The molecule has 0 aromatic rings. The summed E-state index contributed by atoms with van der Waals surface area (Å²) < 4.78 is 5.06. The molecule has 1 aliphatic heterocycles. The van der Waals surface area contributed by atoms with Gasteiger partial charge in [0.2, 0.25) is 5.91 Å². The van der Waals surface area contributed by atoms with Gasteiger partial charge in [-0.1, -0.05) is 0 Å². The molecule has 0 saturated carbocycles. The number of nitrogens with two attached hydrogens (primary N) is 1. The van der Waals surface area contributed by atoms with Gasteiger partial charge in [-0.05, 0) is 6.42 Å². The van der Waals surface area contributed by atoms with Gasteiger partial charge in [0.25, 0.3) is 0 Å². The van der Waals surface area contributed by atoms with Crippen molar-refractivity contribution in [3.05, 3.63) is 0 Å². The van der Waals surface area contributed by atoms with E-state index in [1.54, 1.807) is 0 Å². The number of hydrogen-bond acceptors (Lipinski definition) is 3. The van der Waals surface area contributed by atoms with Crippen LogP contribution in [0.15, 0.2) is 0 Å². The van der Waals surface area contributed by atoms with E-state index in [-0.39, 0.29) is 5.91 Å². The maximum Gasteiger partial charge on any atom is 0.242 e. The normalized spacial score (nSPS) is 26.8. The lowest BCUT2D eigenvalue weighted by atomic mass is 9.99.